The fourth-order valence-electron chi connectivity index (χ4n) is 6.22. The Bertz CT molecular complexity index is 977. The average molecular weight is 802 g/mol. The molecule has 0 spiro atoms. The Balaban J connectivity index is 4.22. The summed E-state index contributed by atoms with van der Waals surface area (Å²) < 4.78 is 33.4. The molecule has 0 aliphatic heterocycles. The minimum Gasteiger partial charge on any atom is -0.480 e. The van der Waals surface area contributed by atoms with Gasteiger partial charge in [0.15, 0.2) is 0 Å². The number of ether oxygens (including phenoxy) is 2. The maximum Gasteiger partial charge on any atom is 0.472 e. The van der Waals surface area contributed by atoms with Gasteiger partial charge in [0.1, 0.15) is 12.1 Å². The van der Waals surface area contributed by atoms with Crippen LogP contribution in [0.15, 0.2) is 24.3 Å². The van der Waals surface area contributed by atoms with Gasteiger partial charge in [0, 0.05) is 13.0 Å². The van der Waals surface area contributed by atoms with Gasteiger partial charge in [-0.1, -0.05) is 179 Å². The van der Waals surface area contributed by atoms with E-state index in [1.54, 1.807) is 0 Å². The number of rotatable bonds is 43. The highest BCUT2D eigenvalue weighted by molar-refractivity contribution is 7.47. The van der Waals surface area contributed by atoms with Crippen LogP contribution in [-0.4, -0.2) is 60.5 Å². The molecule has 0 radical (unpaired) electrons. The normalized spacial score (nSPS) is 14.1. The van der Waals surface area contributed by atoms with Gasteiger partial charge in [0.2, 0.25) is 0 Å². The van der Waals surface area contributed by atoms with Crippen LogP contribution in [0, 0.1) is 0 Å². The summed E-state index contributed by atoms with van der Waals surface area (Å²) in [4.78, 5) is 33.5. The van der Waals surface area contributed by atoms with E-state index in [4.69, 9.17) is 29.4 Å². The number of hydrogen-bond donors (Lipinski definition) is 3. The van der Waals surface area contributed by atoms with Crippen molar-refractivity contribution in [3.05, 3.63) is 24.3 Å². The third-order valence-corrected chi connectivity index (χ3v) is 10.7. The zero-order chi connectivity index (χ0) is 40.5. The van der Waals surface area contributed by atoms with Gasteiger partial charge >= 0.3 is 19.8 Å². The van der Waals surface area contributed by atoms with Crippen molar-refractivity contribution in [1.29, 1.82) is 0 Å². The fourth-order valence-corrected chi connectivity index (χ4v) is 7.00. The zero-order valence-corrected chi connectivity index (χ0v) is 36.2. The standard InChI is InChI=1S/C44H84NO9P/c1-3-5-7-9-11-13-15-17-19-21-22-24-26-28-30-32-34-36-43(46)54-41(39-52-55(49,50)53-40-42(45)44(47)48)38-51-37-35-33-31-29-27-25-23-20-18-16-14-12-10-8-6-4-2/h12,14,18,20,41-42H,3-11,13,15-17,19,21-40,45H2,1-2H3,(H,47,48)(H,49,50)/b14-12-,20-18-. The highest BCUT2D eigenvalue weighted by Crippen LogP contribution is 2.43. The van der Waals surface area contributed by atoms with E-state index in [-0.39, 0.29) is 13.0 Å². The van der Waals surface area contributed by atoms with Crippen molar-refractivity contribution >= 4 is 19.8 Å². The molecule has 0 heterocycles. The highest BCUT2D eigenvalue weighted by atomic mass is 31.2. The number of carbonyl (C=O) groups excluding carboxylic acids is 1. The molecule has 0 saturated carbocycles. The number of carboxylic acids is 1. The Morgan fingerprint density at radius 3 is 1.51 bits per heavy atom. The van der Waals surface area contributed by atoms with E-state index in [0.717, 1.165) is 44.9 Å². The Labute approximate surface area is 336 Å². The highest BCUT2D eigenvalue weighted by Gasteiger charge is 2.27. The first-order chi connectivity index (χ1) is 26.7. The molecular formula is C44H84NO9P. The number of carbonyl (C=O) groups is 2. The molecule has 0 amide bonds. The third kappa shape index (κ3) is 40.4. The first-order valence-electron chi connectivity index (χ1n) is 22.4. The Kier molecular flexibility index (Phi) is 39.5. The number of phosphoric ester groups is 1. The van der Waals surface area contributed by atoms with Crippen LogP contribution in [0.4, 0.5) is 0 Å². The summed E-state index contributed by atoms with van der Waals surface area (Å²) in [6.07, 6.45) is 43.7. The van der Waals surface area contributed by atoms with Gasteiger partial charge < -0.3 is 25.2 Å². The van der Waals surface area contributed by atoms with Crippen molar-refractivity contribution in [1.82, 2.24) is 0 Å². The number of nitrogens with two attached hydrogens (primary N) is 1. The second-order valence-corrected chi connectivity index (χ2v) is 16.6. The minimum absolute atomic E-state index is 0.0136. The molecule has 4 N–H and O–H groups in total. The second kappa shape index (κ2) is 40.6. The van der Waals surface area contributed by atoms with Crippen LogP contribution in [0.1, 0.15) is 206 Å². The lowest BCUT2D eigenvalue weighted by Crippen LogP contribution is -2.34. The smallest absolute Gasteiger partial charge is 0.472 e. The lowest BCUT2D eigenvalue weighted by atomic mass is 10.0. The van der Waals surface area contributed by atoms with Gasteiger partial charge in [-0.25, -0.2) is 4.57 Å². The molecule has 11 heteroatoms. The predicted octanol–water partition coefficient (Wildman–Crippen LogP) is 12.3. The molecule has 0 aromatic heterocycles. The van der Waals surface area contributed by atoms with Crippen molar-refractivity contribution in [3.8, 4) is 0 Å². The van der Waals surface area contributed by atoms with E-state index in [0.29, 0.717) is 13.0 Å². The van der Waals surface area contributed by atoms with Crippen LogP contribution in [-0.2, 0) is 32.7 Å². The molecular weight excluding hydrogens is 717 g/mol. The van der Waals surface area contributed by atoms with Crippen LogP contribution < -0.4 is 5.73 Å². The summed E-state index contributed by atoms with van der Waals surface area (Å²) in [6, 6.07) is -1.47. The summed E-state index contributed by atoms with van der Waals surface area (Å²) in [5.74, 6) is -1.78. The molecule has 324 valence electrons. The third-order valence-electron chi connectivity index (χ3n) is 9.73. The molecule has 0 aliphatic rings. The molecule has 0 rings (SSSR count). The number of hydrogen-bond acceptors (Lipinski definition) is 8. The Morgan fingerprint density at radius 1 is 0.582 bits per heavy atom. The van der Waals surface area contributed by atoms with Gasteiger partial charge in [-0.2, -0.15) is 0 Å². The molecule has 0 aliphatic carbocycles. The van der Waals surface area contributed by atoms with Gasteiger partial charge in [-0.3, -0.25) is 18.6 Å². The van der Waals surface area contributed by atoms with Gasteiger partial charge in [0.25, 0.3) is 0 Å². The topological polar surface area (TPSA) is 155 Å². The van der Waals surface area contributed by atoms with Crippen molar-refractivity contribution in [2.75, 3.05) is 26.4 Å². The summed E-state index contributed by atoms with van der Waals surface area (Å²) >= 11 is 0. The van der Waals surface area contributed by atoms with Gasteiger partial charge in [0.05, 0.1) is 19.8 Å². The first-order valence-corrected chi connectivity index (χ1v) is 23.9. The lowest BCUT2D eigenvalue weighted by molar-refractivity contribution is -0.154. The molecule has 10 nitrogen and oxygen atoms in total. The minimum atomic E-state index is -4.61. The number of allylic oxidation sites excluding steroid dienone is 4. The Morgan fingerprint density at radius 2 is 1.00 bits per heavy atom. The number of esters is 1. The van der Waals surface area contributed by atoms with Crippen LogP contribution in [0.25, 0.3) is 0 Å². The molecule has 0 fully saturated rings. The van der Waals surface area contributed by atoms with Crippen LogP contribution in [0.2, 0.25) is 0 Å². The van der Waals surface area contributed by atoms with E-state index in [1.165, 1.54) is 135 Å². The molecule has 0 bridgehead atoms. The number of aliphatic carboxylic acids is 1. The summed E-state index contributed by atoms with van der Waals surface area (Å²) in [5.41, 5.74) is 5.36. The average Bonchev–Trinajstić information content (AvgIpc) is 3.16. The van der Waals surface area contributed by atoms with Crippen molar-refractivity contribution in [2.24, 2.45) is 5.73 Å². The van der Waals surface area contributed by atoms with E-state index < -0.39 is 45.1 Å². The monoisotopic (exact) mass is 802 g/mol. The van der Waals surface area contributed by atoms with Crippen molar-refractivity contribution in [2.45, 2.75) is 219 Å². The predicted molar refractivity (Wildman–Crippen MR) is 226 cm³/mol. The summed E-state index contributed by atoms with van der Waals surface area (Å²) in [6.45, 7) is 3.86. The largest absolute Gasteiger partial charge is 0.480 e. The number of phosphoric acid groups is 1. The molecule has 0 saturated heterocycles. The maximum absolute atomic E-state index is 12.6. The van der Waals surface area contributed by atoms with Crippen LogP contribution in [0.5, 0.6) is 0 Å². The van der Waals surface area contributed by atoms with E-state index >= 15 is 0 Å². The number of unbranched alkanes of at least 4 members (excludes halogenated alkanes) is 25. The van der Waals surface area contributed by atoms with Crippen molar-refractivity contribution in [3.63, 3.8) is 0 Å². The fraction of sp³-hybridized carbons (Fsp3) is 0.864. The first kappa shape index (κ1) is 53.5. The van der Waals surface area contributed by atoms with Gasteiger partial charge in [-0.15, -0.1) is 0 Å². The second-order valence-electron chi connectivity index (χ2n) is 15.2. The van der Waals surface area contributed by atoms with Gasteiger partial charge in [-0.05, 0) is 44.9 Å². The SMILES string of the molecule is CCCCC/C=C\C/C=C\CCCCCCCCOCC(COP(=O)(O)OCC(N)C(=O)O)OC(=O)CCCCCCCCCCCCCCCCCCC. The van der Waals surface area contributed by atoms with E-state index in [1.807, 2.05) is 0 Å². The summed E-state index contributed by atoms with van der Waals surface area (Å²) in [5, 5.41) is 8.90. The lowest BCUT2D eigenvalue weighted by Gasteiger charge is -2.20. The molecule has 3 atom stereocenters. The maximum atomic E-state index is 12.6. The Hall–Kier alpha value is -1.55. The molecule has 0 aromatic rings. The van der Waals surface area contributed by atoms with Crippen LogP contribution >= 0.6 is 7.82 Å². The molecule has 0 aromatic carbocycles. The van der Waals surface area contributed by atoms with E-state index in [2.05, 4.69) is 38.2 Å². The van der Waals surface area contributed by atoms with Crippen molar-refractivity contribution < 1.29 is 42.7 Å². The summed E-state index contributed by atoms with van der Waals surface area (Å²) in [7, 11) is -4.61. The quantitative estimate of drug-likeness (QED) is 0.0235. The zero-order valence-electron chi connectivity index (χ0n) is 35.3. The van der Waals surface area contributed by atoms with E-state index in [9.17, 15) is 19.0 Å². The number of carboxylic acid groups (broad SMARTS) is 1. The van der Waals surface area contributed by atoms with Crippen LogP contribution in [0.3, 0.4) is 0 Å². The molecule has 55 heavy (non-hydrogen) atoms. The molecule has 3 unspecified atom stereocenters.